The highest BCUT2D eigenvalue weighted by molar-refractivity contribution is 5.52. The van der Waals surface area contributed by atoms with Gasteiger partial charge in [0.25, 0.3) is 0 Å². The third-order valence-corrected chi connectivity index (χ3v) is 2.17. The van der Waals surface area contributed by atoms with Gasteiger partial charge >= 0.3 is 0 Å². The van der Waals surface area contributed by atoms with Crippen LogP contribution >= 0.6 is 0 Å². The summed E-state index contributed by atoms with van der Waals surface area (Å²) in [6.07, 6.45) is 3.13. The average molecular weight is 169 g/mol. The number of rotatable bonds is 3. The molecule has 0 bridgehead atoms. The molecule has 0 aromatic heterocycles. The summed E-state index contributed by atoms with van der Waals surface area (Å²) in [5.74, 6) is 0. The molecule has 0 aromatic rings. The van der Waals surface area contributed by atoms with Crippen LogP contribution in [0.3, 0.4) is 0 Å². The molecule has 1 rings (SSSR count). The van der Waals surface area contributed by atoms with Crippen molar-refractivity contribution >= 4 is 6.21 Å². The fourth-order valence-corrected chi connectivity index (χ4v) is 1.56. The van der Waals surface area contributed by atoms with Gasteiger partial charge < -0.3 is 0 Å². The van der Waals surface area contributed by atoms with Crippen molar-refractivity contribution in [2.75, 3.05) is 32.7 Å². The third kappa shape index (κ3) is 2.81. The van der Waals surface area contributed by atoms with Crippen LogP contribution in [0.25, 0.3) is 0 Å². The zero-order valence-corrected chi connectivity index (χ0v) is 8.16. The topological polar surface area (TPSA) is 18.8 Å². The predicted octanol–water partition coefficient (Wildman–Crippen LogP) is 1.02. The maximum absolute atomic E-state index is 4.26. The van der Waals surface area contributed by atoms with Crippen molar-refractivity contribution in [2.24, 2.45) is 5.10 Å². The summed E-state index contributed by atoms with van der Waals surface area (Å²) >= 11 is 0. The fraction of sp³-hybridized carbons (Fsp3) is 0.889. The Bertz CT molecular complexity index is 137. The summed E-state index contributed by atoms with van der Waals surface area (Å²) in [4.78, 5) is 2.50. The van der Waals surface area contributed by atoms with Crippen molar-refractivity contribution in [2.45, 2.75) is 20.3 Å². The Morgan fingerprint density at radius 3 is 2.42 bits per heavy atom. The Balaban J connectivity index is 2.20. The Labute approximate surface area is 75.0 Å². The lowest BCUT2D eigenvalue weighted by atomic mass is 10.3. The van der Waals surface area contributed by atoms with Crippen molar-refractivity contribution in [3.05, 3.63) is 0 Å². The van der Waals surface area contributed by atoms with Gasteiger partial charge in [-0.1, -0.05) is 6.92 Å². The SMILES string of the molecule is C/C=N/N1CCN(CCC)CC1. The van der Waals surface area contributed by atoms with Gasteiger partial charge in [0.2, 0.25) is 0 Å². The highest BCUT2D eigenvalue weighted by atomic mass is 15.5. The van der Waals surface area contributed by atoms with Gasteiger partial charge in [0.1, 0.15) is 0 Å². The van der Waals surface area contributed by atoms with Crippen LogP contribution in [0.15, 0.2) is 5.10 Å². The van der Waals surface area contributed by atoms with E-state index in [4.69, 9.17) is 0 Å². The Hall–Kier alpha value is -0.570. The van der Waals surface area contributed by atoms with Crippen molar-refractivity contribution in [3.63, 3.8) is 0 Å². The summed E-state index contributed by atoms with van der Waals surface area (Å²) < 4.78 is 0. The lowest BCUT2D eigenvalue weighted by Gasteiger charge is -2.32. The minimum absolute atomic E-state index is 1.09. The highest BCUT2D eigenvalue weighted by Crippen LogP contribution is 2.01. The quantitative estimate of drug-likeness (QED) is 0.587. The van der Waals surface area contributed by atoms with Crippen molar-refractivity contribution in [3.8, 4) is 0 Å². The van der Waals surface area contributed by atoms with Crippen molar-refractivity contribution in [1.29, 1.82) is 0 Å². The Morgan fingerprint density at radius 2 is 1.92 bits per heavy atom. The predicted molar refractivity (Wildman–Crippen MR) is 52.5 cm³/mol. The molecule has 70 valence electrons. The summed E-state index contributed by atoms with van der Waals surface area (Å²) in [5, 5.41) is 6.40. The minimum Gasteiger partial charge on any atom is -0.300 e. The van der Waals surface area contributed by atoms with Gasteiger partial charge in [0.05, 0.1) is 0 Å². The van der Waals surface area contributed by atoms with E-state index in [-0.39, 0.29) is 0 Å². The molecule has 0 aromatic carbocycles. The third-order valence-electron chi connectivity index (χ3n) is 2.17. The lowest BCUT2D eigenvalue weighted by Crippen LogP contribution is -2.44. The first-order valence-corrected chi connectivity index (χ1v) is 4.82. The molecular weight excluding hydrogens is 150 g/mol. The summed E-state index contributed by atoms with van der Waals surface area (Å²) in [7, 11) is 0. The van der Waals surface area contributed by atoms with Crippen LogP contribution < -0.4 is 0 Å². The molecule has 1 saturated heterocycles. The monoisotopic (exact) mass is 169 g/mol. The molecule has 0 N–H and O–H groups in total. The normalized spacial score (nSPS) is 20.7. The average Bonchev–Trinajstić information content (AvgIpc) is 2.09. The van der Waals surface area contributed by atoms with E-state index >= 15 is 0 Å². The Morgan fingerprint density at radius 1 is 1.25 bits per heavy atom. The van der Waals surface area contributed by atoms with Crippen LogP contribution in [0.5, 0.6) is 0 Å². The fourth-order valence-electron chi connectivity index (χ4n) is 1.56. The first-order valence-electron chi connectivity index (χ1n) is 4.82. The summed E-state index contributed by atoms with van der Waals surface area (Å²) in [6, 6.07) is 0. The molecule has 0 atom stereocenters. The van der Waals surface area contributed by atoms with Crippen LogP contribution in [0, 0.1) is 0 Å². The summed E-state index contributed by atoms with van der Waals surface area (Å²) in [5.41, 5.74) is 0. The second-order valence-corrected chi connectivity index (χ2v) is 3.17. The number of hydrazone groups is 1. The molecule has 3 nitrogen and oxygen atoms in total. The molecule has 3 heteroatoms. The van der Waals surface area contributed by atoms with E-state index in [1.54, 1.807) is 0 Å². The smallest absolute Gasteiger partial charge is 0.0488 e. The van der Waals surface area contributed by atoms with E-state index in [9.17, 15) is 0 Å². The van der Waals surface area contributed by atoms with Crippen molar-refractivity contribution < 1.29 is 0 Å². The van der Waals surface area contributed by atoms with Gasteiger partial charge in [-0.25, -0.2) is 0 Å². The van der Waals surface area contributed by atoms with E-state index in [2.05, 4.69) is 21.9 Å². The number of piperazine rings is 1. The van der Waals surface area contributed by atoms with Gasteiger partial charge in [-0.05, 0) is 19.9 Å². The van der Waals surface area contributed by atoms with Gasteiger partial charge in [0.15, 0.2) is 0 Å². The molecule has 0 spiro atoms. The summed E-state index contributed by atoms with van der Waals surface area (Å²) in [6.45, 7) is 9.96. The van der Waals surface area contributed by atoms with E-state index in [1.807, 2.05) is 13.1 Å². The minimum atomic E-state index is 1.09. The largest absolute Gasteiger partial charge is 0.300 e. The zero-order chi connectivity index (χ0) is 8.81. The molecule has 1 heterocycles. The zero-order valence-electron chi connectivity index (χ0n) is 8.16. The molecule has 0 aliphatic carbocycles. The maximum Gasteiger partial charge on any atom is 0.0488 e. The van der Waals surface area contributed by atoms with E-state index in [0.717, 1.165) is 13.1 Å². The van der Waals surface area contributed by atoms with Crippen LogP contribution in [0.2, 0.25) is 0 Å². The van der Waals surface area contributed by atoms with Crippen LogP contribution in [-0.4, -0.2) is 48.8 Å². The lowest BCUT2D eigenvalue weighted by molar-refractivity contribution is 0.137. The highest BCUT2D eigenvalue weighted by Gasteiger charge is 2.13. The van der Waals surface area contributed by atoms with E-state index < -0.39 is 0 Å². The van der Waals surface area contributed by atoms with E-state index in [0.29, 0.717) is 0 Å². The maximum atomic E-state index is 4.26. The molecule has 0 amide bonds. The molecule has 1 aliphatic heterocycles. The Kier molecular flexibility index (Phi) is 4.08. The number of nitrogens with zero attached hydrogens (tertiary/aromatic N) is 3. The standard InChI is InChI=1S/C9H19N3/c1-3-5-11-6-8-12(9-7-11)10-4-2/h4H,3,5-9H2,1-2H3/b10-4+. The van der Waals surface area contributed by atoms with Crippen LogP contribution in [-0.2, 0) is 0 Å². The number of hydrogen-bond acceptors (Lipinski definition) is 3. The van der Waals surface area contributed by atoms with Gasteiger partial charge in [0, 0.05) is 32.4 Å². The van der Waals surface area contributed by atoms with Gasteiger partial charge in [-0.2, -0.15) is 5.10 Å². The molecular formula is C9H19N3. The second kappa shape index (κ2) is 5.14. The van der Waals surface area contributed by atoms with Crippen molar-refractivity contribution in [1.82, 2.24) is 9.91 Å². The van der Waals surface area contributed by atoms with Crippen LogP contribution in [0.4, 0.5) is 0 Å². The molecule has 0 unspecified atom stereocenters. The van der Waals surface area contributed by atoms with Gasteiger partial charge in [-0.3, -0.25) is 9.91 Å². The van der Waals surface area contributed by atoms with E-state index in [1.165, 1.54) is 26.1 Å². The second-order valence-electron chi connectivity index (χ2n) is 3.17. The molecule has 0 radical (unpaired) electrons. The molecule has 1 aliphatic rings. The van der Waals surface area contributed by atoms with Gasteiger partial charge in [-0.15, -0.1) is 0 Å². The molecule has 12 heavy (non-hydrogen) atoms. The first-order chi connectivity index (χ1) is 5.86. The van der Waals surface area contributed by atoms with Crippen LogP contribution in [0.1, 0.15) is 20.3 Å². The molecule has 1 fully saturated rings. The first kappa shape index (κ1) is 9.52. The molecule has 0 saturated carbocycles. The number of hydrogen-bond donors (Lipinski definition) is 0.